The minimum absolute atomic E-state index is 0. The molecule has 114 valence electrons. The van der Waals surface area contributed by atoms with E-state index < -0.39 is 0 Å². The molecule has 1 saturated heterocycles. The zero-order valence-corrected chi connectivity index (χ0v) is 13.6. The molecular formula is C15H31ClN2O. The third kappa shape index (κ3) is 6.62. The van der Waals surface area contributed by atoms with E-state index in [1.54, 1.807) is 0 Å². The van der Waals surface area contributed by atoms with E-state index >= 15 is 0 Å². The lowest BCUT2D eigenvalue weighted by atomic mass is 9.84. The van der Waals surface area contributed by atoms with Crippen molar-refractivity contribution in [3.63, 3.8) is 0 Å². The van der Waals surface area contributed by atoms with Crippen molar-refractivity contribution in [3.05, 3.63) is 0 Å². The molecule has 1 atom stereocenters. The van der Waals surface area contributed by atoms with Gasteiger partial charge in [-0.3, -0.25) is 4.79 Å². The first-order chi connectivity index (χ1) is 8.69. The molecule has 1 heterocycles. The lowest BCUT2D eigenvalue weighted by Gasteiger charge is -2.29. The summed E-state index contributed by atoms with van der Waals surface area (Å²) >= 11 is 0. The number of piperidine rings is 1. The van der Waals surface area contributed by atoms with Crippen LogP contribution in [0.4, 0.5) is 0 Å². The molecule has 0 bridgehead atoms. The molecule has 1 aliphatic rings. The highest BCUT2D eigenvalue weighted by Gasteiger charge is 2.23. The summed E-state index contributed by atoms with van der Waals surface area (Å²) in [4.78, 5) is 14.3. The Bertz CT molecular complexity index is 242. The Labute approximate surface area is 124 Å². The normalized spacial score (nSPS) is 17.6. The van der Waals surface area contributed by atoms with Gasteiger partial charge in [-0.1, -0.05) is 20.3 Å². The summed E-state index contributed by atoms with van der Waals surface area (Å²) < 4.78 is 0. The van der Waals surface area contributed by atoms with E-state index in [4.69, 9.17) is 0 Å². The number of carbonyl (C=O) groups is 1. The summed E-state index contributed by atoms with van der Waals surface area (Å²) in [5.74, 6) is 1.63. The maximum absolute atomic E-state index is 12.2. The fraction of sp³-hybridized carbons (Fsp3) is 0.933. The second-order valence-electron chi connectivity index (χ2n) is 5.60. The van der Waals surface area contributed by atoms with Crippen LogP contribution in [-0.2, 0) is 4.79 Å². The largest absolute Gasteiger partial charge is 0.343 e. The topological polar surface area (TPSA) is 32.3 Å². The molecule has 4 heteroatoms. The molecule has 1 amide bonds. The highest BCUT2D eigenvalue weighted by Crippen LogP contribution is 2.24. The maximum Gasteiger partial charge on any atom is 0.222 e. The molecule has 0 saturated carbocycles. The number of rotatable bonds is 7. The third-order valence-corrected chi connectivity index (χ3v) is 4.20. The van der Waals surface area contributed by atoms with Gasteiger partial charge >= 0.3 is 0 Å². The number of hydrogen-bond donors (Lipinski definition) is 1. The van der Waals surface area contributed by atoms with Crippen molar-refractivity contribution in [2.75, 3.05) is 26.2 Å². The van der Waals surface area contributed by atoms with E-state index in [1.165, 1.54) is 12.8 Å². The van der Waals surface area contributed by atoms with Crippen molar-refractivity contribution in [1.29, 1.82) is 0 Å². The van der Waals surface area contributed by atoms with Crippen LogP contribution in [0.2, 0.25) is 0 Å². The zero-order chi connectivity index (χ0) is 13.4. The predicted octanol–water partition coefficient (Wildman–Crippen LogP) is 3.08. The summed E-state index contributed by atoms with van der Waals surface area (Å²) in [6.45, 7) is 10.6. The van der Waals surface area contributed by atoms with Gasteiger partial charge in [-0.25, -0.2) is 0 Å². The predicted molar refractivity (Wildman–Crippen MR) is 83.8 cm³/mol. The second kappa shape index (κ2) is 10.5. The Hall–Kier alpha value is -0.280. The summed E-state index contributed by atoms with van der Waals surface area (Å²) in [6.07, 6.45) is 5.49. The average Bonchev–Trinajstić information content (AvgIpc) is 2.40. The number of amides is 1. The quantitative estimate of drug-likeness (QED) is 0.781. The molecule has 1 N–H and O–H groups in total. The number of hydrogen-bond acceptors (Lipinski definition) is 2. The SMILES string of the molecule is CCCCN(CC)C(=O)CC(C)C1CCNCC1.Cl. The lowest BCUT2D eigenvalue weighted by Crippen LogP contribution is -2.36. The van der Waals surface area contributed by atoms with Crippen LogP contribution in [0.3, 0.4) is 0 Å². The molecule has 0 aromatic rings. The molecule has 3 nitrogen and oxygen atoms in total. The number of nitrogens with zero attached hydrogens (tertiary/aromatic N) is 1. The van der Waals surface area contributed by atoms with Gasteiger partial charge in [0.25, 0.3) is 0 Å². The van der Waals surface area contributed by atoms with Gasteiger partial charge in [-0.15, -0.1) is 12.4 Å². The van der Waals surface area contributed by atoms with Crippen LogP contribution in [0.5, 0.6) is 0 Å². The first-order valence-electron chi connectivity index (χ1n) is 7.67. The van der Waals surface area contributed by atoms with E-state index in [0.717, 1.165) is 51.4 Å². The molecule has 1 rings (SSSR count). The third-order valence-electron chi connectivity index (χ3n) is 4.20. The van der Waals surface area contributed by atoms with Crippen molar-refractivity contribution in [3.8, 4) is 0 Å². The average molecular weight is 291 g/mol. The van der Waals surface area contributed by atoms with Gasteiger partial charge in [0, 0.05) is 19.5 Å². The Morgan fingerprint density at radius 2 is 1.95 bits per heavy atom. The fourth-order valence-electron chi connectivity index (χ4n) is 2.79. The van der Waals surface area contributed by atoms with Crippen LogP contribution < -0.4 is 5.32 Å². The van der Waals surface area contributed by atoms with Crippen molar-refractivity contribution in [2.45, 2.75) is 52.9 Å². The number of carbonyl (C=O) groups excluding carboxylic acids is 1. The Morgan fingerprint density at radius 1 is 1.32 bits per heavy atom. The van der Waals surface area contributed by atoms with Crippen LogP contribution in [0.15, 0.2) is 0 Å². The molecule has 1 aliphatic heterocycles. The minimum Gasteiger partial charge on any atom is -0.343 e. The van der Waals surface area contributed by atoms with E-state index in [1.807, 2.05) is 4.90 Å². The zero-order valence-electron chi connectivity index (χ0n) is 12.8. The summed E-state index contributed by atoms with van der Waals surface area (Å²) in [7, 11) is 0. The minimum atomic E-state index is 0. The first kappa shape index (κ1) is 18.7. The molecule has 0 spiro atoms. The second-order valence-corrected chi connectivity index (χ2v) is 5.60. The smallest absolute Gasteiger partial charge is 0.222 e. The molecule has 1 unspecified atom stereocenters. The van der Waals surface area contributed by atoms with Crippen LogP contribution in [0.25, 0.3) is 0 Å². The summed E-state index contributed by atoms with van der Waals surface area (Å²) in [5, 5.41) is 3.39. The lowest BCUT2D eigenvalue weighted by molar-refractivity contribution is -0.132. The monoisotopic (exact) mass is 290 g/mol. The highest BCUT2D eigenvalue weighted by atomic mass is 35.5. The fourth-order valence-corrected chi connectivity index (χ4v) is 2.79. The molecular weight excluding hydrogens is 260 g/mol. The van der Waals surface area contributed by atoms with Crippen molar-refractivity contribution < 1.29 is 4.79 Å². The van der Waals surface area contributed by atoms with Crippen LogP contribution >= 0.6 is 12.4 Å². The van der Waals surface area contributed by atoms with Crippen molar-refractivity contribution >= 4 is 18.3 Å². The van der Waals surface area contributed by atoms with Gasteiger partial charge in [-0.05, 0) is 51.1 Å². The number of unbranched alkanes of at least 4 members (excludes halogenated alkanes) is 1. The molecule has 19 heavy (non-hydrogen) atoms. The standard InChI is InChI=1S/C15H30N2O.ClH/c1-4-6-11-17(5-2)15(18)12-13(3)14-7-9-16-10-8-14;/h13-14,16H,4-12H2,1-3H3;1H. The van der Waals surface area contributed by atoms with E-state index in [9.17, 15) is 4.79 Å². The van der Waals surface area contributed by atoms with Crippen LogP contribution in [0, 0.1) is 11.8 Å². The van der Waals surface area contributed by atoms with Crippen LogP contribution in [-0.4, -0.2) is 37.0 Å². The summed E-state index contributed by atoms with van der Waals surface area (Å²) in [5.41, 5.74) is 0. The highest BCUT2D eigenvalue weighted by molar-refractivity contribution is 5.85. The molecule has 1 fully saturated rings. The molecule has 0 aliphatic carbocycles. The van der Waals surface area contributed by atoms with Crippen molar-refractivity contribution in [2.24, 2.45) is 11.8 Å². The van der Waals surface area contributed by atoms with Crippen LogP contribution in [0.1, 0.15) is 52.9 Å². The van der Waals surface area contributed by atoms with E-state index in [2.05, 4.69) is 26.1 Å². The molecule has 0 aromatic heterocycles. The van der Waals surface area contributed by atoms with Crippen molar-refractivity contribution in [1.82, 2.24) is 10.2 Å². The number of halogens is 1. The van der Waals surface area contributed by atoms with Gasteiger partial charge in [0.05, 0.1) is 0 Å². The van der Waals surface area contributed by atoms with E-state index in [-0.39, 0.29) is 12.4 Å². The van der Waals surface area contributed by atoms with Gasteiger partial charge in [0.15, 0.2) is 0 Å². The van der Waals surface area contributed by atoms with Gasteiger partial charge in [-0.2, -0.15) is 0 Å². The van der Waals surface area contributed by atoms with Gasteiger partial charge in [0.1, 0.15) is 0 Å². The Kier molecular flexibility index (Phi) is 10.3. The Morgan fingerprint density at radius 3 is 2.47 bits per heavy atom. The summed E-state index contributed by atoms with van der Waals surface area (Å²) in [6, 6.07) is 0. The number of nitrogens with one attached hydrogen (secondary N) is 1. The molecule has 0 radical (unpaired) electrons. The first-order valence-corrected chi connectivity index (χ1v) is 7.67. The van der Waals surface area contributed by atoms with Gasteiger partial charge < -0.3 is 10.2 Å². The Balaban J connectivity index is 0.00000324. The van der Waals surface area contributed by atoms with Gasteiger partial charge in [0.2, 0.25) is 5.91 Å². The maximum atomic E-state index is 12.2. The molecule has 0 aromatic carbocycles. The van der Waals surface area contributed by atoms with E-state index in [0.29, 0.717) is 11.8 Å².